The highest BCUT2D eigenvalue weighted by atomic mass is 16.4. The molecule has 1 N–H and O–H groups in total. The molecule has 1 aromatic carbocycles. The predicted octanol–water partition coefficient (Wildman–Crippen LogP) is 2.64. The van der Waals surface area contributed by atoms with E-state index in [-0.39, 0.29) is 12.1 Å². The molecule has 0 saturated heterocycles. The van der Waals surface area contributed by atoms with Crippen molar-refractivity contribution >= 4 is 11.0 Å². The van der Waals surface area contributed by atoms with Crippen molar-refractivity contribution in [2.45, 2.75) is 19.6 Å². The molecule has 3 aromatic rings. The molecular weight excluding hydrogens is 254 g/mol. The zero-order valence-corrected chi connectivity index (χ0v) is 11.1. The smallest absolute Gasteiger partial charge is 0.253 e. The van der Waals surface area contributed by atoms with E-state index in [1.807, 2.05) is 24.3 Å². The standard InChI is InChI=1S/C16H15NO3/c1-11-5-4-8-17(16(11)19)10-13(18)15-9-12-6-2-3-7-14(12)20-15/h2-9,13,18H,10H2,1H3. The lowest BCUT2D eigenvalue weighted by atomic mass is 10.2. The van der Waals surface area contributed by atoms with Gasteiger partial charge in [0.1, 0.15) is 17.4 Å². The Kier molecular flexibility index (Phi) is 3.16. The second-order valence-corrected chi connectivity index (χ2v) is 4.85. The minimum atomic E-state index is -0.845. The largest absolute Gasteiger partial charge is 0.458 e. The molecular formula is C16H15NO3. The first-order valence-corrected chi connectivity index (χ1v) is 6.48. The number of aromatic nitrogens is 1. The van der Waals surface area contributed by atoms with Crippen LogP contribution in [-0.4, -0.2) is 9.67 Å². The summed E-state index contributed by atoms with van der Waals surface area (Å²) in [6.45, 7) is 1.94. The number of furan rings is 1. The minimum Gasteiger partial charge on any atom is -0.458 e. The number of aliphatic hydroxyl groups excluding tert-OH is 1. The van der Waals surface area contributed by atoms with E-state index < -0.39 is 6.10 Å². The van der Waals surface area contributed by atoms with Gasteiger partial charge in [0.2, 0.25) is 0 Å². The van der Waals surface area contributed by atoms with Crippen LogP contribution in [0, 0.1) is 6.92 Å². The van der Waals surface area contributed by atoms with E-state index in [1.165, 1.54) is 4.57 Å². The van der Waals surface area contributed by atoms with Crippen LogP contribution in [0.5, 0.6) is 0 Å². The summed E-state index contributed by atoms with van der Waals surface area (Å²) in [5.74, 6) is 0.472. The van der Waals surface area contributed by atoms with Crippen molar-refractivity contribution in [1.29, 1.82) is 0 Å². The van der Waals surface area contributed by atoms with Crippen LogP contribution in [0.25, 0.3) is 11.0 Å². The van der Waals surface area contributed by atoms with Crippen molar-refractivity contribution < 1.29 is 9.52 Å². The first kappa shape index (κ1) is 12.7. The molecule has 102 valence electrons. The van der Waals surface area contributed by atoms with Gasteiger partial charge in [0, 0.05) is 17.1 Å². The summed E-state index contributed by atoms with van der Waals surface area (Å²) in [4.78, 5) is 11.9. The Morgan fingerprint density at radius 3 is 2.85 bits per heavy atom. The van der Waals surface area contributed by atoms with Gasteiger partial charge in [-0.15, -0.1) is 0 Å². The number of fused-ring (bicyclic) bond motifs is 1. The fourth-order valence-electron chi connectivity index (χ4n) is 2.24. The van der Waals surface area contributed by atoms with E-state index in [0.717, 1.165) is 11.0 Å². The molecule has 2 aromatic heterocycles. The van der Waals surface area contributed by atoms with Gasteiger partial charge >= 0.3 is 0 Å². The number of pyridine rings is 1. The molecule has 1 unspecified atom stereocenters. The van der Waals surface area contributed by atoms with E-state index in [1.54, 1.807) is 31.3 Å². The average Bonchev–Trinajstić information content (AvgIpc) is 2.88. The van der Waals surface area contributed by atoms with Gasteiger partial charge in [-0.2, -0.15) is 0 Å². The number of benzene rings is 1. The molecule has 0 fully saturated rings. The van der Waals surface area contributed by atoms with Crippen LogP contribution in [0.3, 0.4) is 0 Å². The molecule has 4 heteroatoms. The van der Waals surface area contributed by atoms with Crippen molar-refractivity contribution in [3.05, 3.63) is 70.3 Å². The number of nitrogens with zero attached hydrogens (tertiary/aromatic N) is 1. The molecule has 2 heterocycles. The highest BCUT2D eigenvalue weighted by molar-refractivity contribution is 5.77. The summed E-state index contributed by atoms with van der Waals surface area (Å²) >= 11 is 0. The third-order valence-electron chi connectivity index (χ3n) is 3.35. The topological polar surface area (TPSA) is 55.4 Å². The molecule has 0 radical (unpaired) electrons. The summed E-state index contributed by atoms with van der Waals surface area (Å²) in [5, 5.41) is 11.2. The Morgan fingerprint density at radius 2 is 2.05 bits per heavy atom. The van der Waals surface area contributed by atoms with Gasteiger partial charge in [-0.05, 0) is 25.1 Å². The molecule has 0 aliphatic carbocycles. The summed E-state index contributed by atoms with van der Waals surface area (Å²) in [6.07, 6.45) is 0.822. The summed E-state index contributed by atoms with van der Waals surface area (Å²) in [5.41, 5.74) is 1.30. The van der Waals surface area contributed by atoms with Crippen molar-refractivity contribution in [2.75, 3.05) is 0 Å². The second kappa shape index (κ2) is 4.98. The van der Waals surface area contributed by atoms with Crippen LogP contribution < -0.4 is 5.56 Å². The molecule has 0 spiro atoms. The second-order valence-electron chi connectivity index (χ2n) is 4.85. The summed E-state index contributed by atoms with van der Waals surface area (Å²) in [6, 6.07) is 12.9. The Bertz CT molecular complexity index is 768. The number of hydrogen-bond donors (Lipinski definition) is 1. The summed E-state index contributed by atoms with van der Waals surface area (Å²) in [7, 11) is 0. The number of para-hydroxylation sites is 1. The molecule has 4 nitrogen and oxygen atoms in total. The molecule has 0 bridgehead atoms. The van der Waals surface area contributed by atoms with E-state index in [0.29, 0.717) is 11.3 Å². The fourth-order valence-corrected chi connectivity index (χ4v) is 2.24. The van der Waals surface area contributed by atoms with Gasteiger partial charge < -0.3 is 14.1 Å². The van der Waals surface area contributed by atoms with Crippen LogP contribution in [0.2, 0.25) is 0 Å². The fraction of sp³-hybridized carbons (Fsp3) is 0.188. The van der Waals surface area contributed by atoms with Gasteiger partial charge in [-0.1, -0.05) is 24.3 Å². The highest BCUT2D eigenvalue weighted by Gasteiger charge is 2.14. The van der Waals surface area contributed by atoms with Gasteiger partial charge in [0.25, 0.3) is 5.56 Å². The van der Waals surface area contributed by atoms with Crippen LogP contribution in [0.4, 0.5) is 0 Å². The number of aliphatic hydroxyl groups is 1. The molecule has 3 rings (SSSR count). The Labute approximate surface area is 115 Å². The SMILES string of the molecule is Cc1cccn(CC(O)c2cc3ccccc3o2)c1=O. The number of hydrogen-bond acceptors (Lipinski definition) is 3. The van der Waals surface area contributed by atoms with Crippen LogP contribution in [-0.2, 0) is 6.54 Å². The molecule has 1 atom stereocenters. The first-order chi connectivity index (χ1) is 9.65. The van der Waals surface area contributed by atoms with Crippen molar-refractivity contribution in [3.8, 4) is 0 Å². The Morgan fingerprint density at radius 1 is 1.25 bits per heavy atom. The molecule has 0 aliphatic heterocycles. The zero-order chi connectivity index (χ0) is 14.1. The summed E-state index contributed by atoms with van der Waals surface area (Å²) < 4.78 is 7.10. The third kappa shape index (κ3) is 2.26. The maximum absolute atomic E-state index is 11.9. The minimum absolute atomic E-state index is 0.0948. The molecule has 0 amide bonds. The number of rotatable bonds is 3. The van der Waals surface area contributed by atoms with E-state index >= 15 is 0 Å². The normalized spacial score (nSPS) is 12.7. The van der Waals surface area contributed by atoms with Gasteiger partial charge in [0.15, 0.2) is 0 Å². The van der Waals surface area contributed by atoms with E-state index in [9.17, 15) is 9.90 Å². The third-order valence-corrected chi connectivity index (χ3v) is 3.35. The van der Waals surface area contributed by atoms with Crippen LogP contribution >= 0.6 is 0 Å². The first-order valence-electron chi connectivity index (χ1n) is 6.48. The van der Waals surface area contributed by atoms with Crippen molar-refractivity contribution in [1.82, 2.24) is 4.57 Å². The molecule has 0 saturated carbocycles. The maximum atomic E-state index is 11.9. The Balaban J connectivity index is 1.91. The number of aryl methyl sites for hydroxylation is 1. The van der Waals surface area contributed by atoms with Crippen molar-refractivity contribution in [2.24, 2.45) is 0 Å². The zero-order valence-electron chi connectivity index (χ0n) is 11.1. The van der Waals surface area contributed by atoms with Crippen LogP contribution in [0.15, 0.2) is 57.9 Å². The Hall–Kier alpha value is -2.33. The van der Waals surface area contributed by atoms with E-state index in [4.69, 9.17) is 4.42 Å². The maximum Gasteiger partial charge on any atom is 0.253 e. The molecule has 0 aliphatic rings. The quantitative estimate of drug-likeness (QED) is 0.795. The van der Waals surface area contributed by atoms with Gasteiger partial charge in [0.05, 0.1) is 6.54 Å². The lowest BCUT2D eigenvalue weighted by Crippen LogP contribution is -2.24. The van der Waals surface area contributed by atoms with Gasteiger partial charge in [-0.25, -0.2) is 0 Å². The van der Waals surface area contributed by atoms with Crippen LogP contribution in [0.1, 0.15) is 17.4 Å². The van der Waals surface area contributed by atoms with E-state index in [2.05, 4.69) is 0 Å². The van der Waals surface area contributed by atoms with Crippen molar-refractivity contribution in [3.63, 3.8) is 0 Å². The van der Waals surface area contributed by atoms with Gasteiger partial charge in [-0.3, -0.25) is 4.79 Å². The lowest BCUT2D eigenvalue weighted by molar-refractivity contribution is 0.131. The lowest BCUT2D eigenvalue weighted by Gasteiger charge is -2.10. The average molecular weight is 269 g/mol. The predicted molar refractivity (Wildman–Crippen MR) is 76.6 cm³/mol. The molecule has 20 heavy (non-hydrogen) atoms. The monoisotopic (exact) mass is 269 g/mol. The highest BCUT2D eigenvalue weighted by Crippen LogP contribution is 2.24.